The van der Waals surface area contributed by atoms with Gasteiger partial charge in [-0.1, -0.05) is 28.6 Å². The number of amides is 1. The van der Waals surface area contributed by atoms with Crippen LogP contribution >= 0.6 is 11.3 Å². The van der Waals surface area contributed by atoms with E-state index >= 15 is 0 Å². The summed E-state index contributed by atoms with van der Waals surface area (Å²) < 4.78 is 53.4. The van der Waals surface area contributed by atoms with Crippen LogP contribution in [0.1, 0.15) is 24.8 Å². The van der Waals surface area contributed by atoms with E-state index in [0.717, 1.165) is 23.8 Å². The summed E-state index contributed by atoms with van der Waals surface area (Å²) in [6.45, 7) is 0.879. The van der Waals surface area contributed by atoms with Gasteiger partial charge in [0, 0.05) is 18.2 Å². The number of benzene rings is 1. The molecule has 1 aromatic carbocycles. The van der Waals surface area contributed by atoms with Gasteiger partial charge in [0.25, 0.3) is 5.91 Å². The van der Waals surface area contributed by atoms with Gasteiger partial charge in [0.15, 0.2) is 36.6 Å². The molecule has 0 radical (unpaired) electrons. The molecule has 2 aromatic rings. The third kappa shape index (κ3) is 5.17. The van der Waals surface area contributed by atoms with Crippen molar-refractivity contribution in [1.29, 1.82) is 0 Å². The topological polar surface area (TPSA) is 141 Å². The number of thiazole rings is 1. The summed E-state index contributed by atoms with van der Waals surface area (Å²) in [6, 6.07) is 5.86. The van der Waals surface area contributed by atoms with Crippen molar-refractivity contribution in [2.24, 2.45) is 5.16 Å². The number of ether oxygens (including phenoxy) is 1. The smallest absolute Gasteiger partial charge is 0.280 e. The molecule has 1 N–H and O–H groups in total. The first-order chi connectivity index (χ1) is 15.1. The van der Waals surface area contributed by atoms with Crippen molar-refractivity contribution in [2.45, 2.75) is 39.7 Å². The molecule has 1 atom stereocenters. The SMILES string of the molecule is CS(=O)(=O)c1cnc(NC(=O)C(=NO[C@@H]2CCOC2)c2ccc(S(=O)(=O)C3CC3)cc2)s1. The maximum absolute atomic E-state index is 12.9. The van der Waals surface area contributed by atoms with Gasteiger partial charge in [0.2, 0.25) is 0 Å². The molecule has 0 bridgehead atoms. The van der Waals surface area contributed by atoms with Crippen molar-refractivity contribution >= 4 is 47.8 Å². The molecule has 0 spiro atoms. The van der Waals surface area contributed by atoms with Crippen LogP contribution in [0.3, 0.4) is 0 Å². The molecule has 1 aliphatic heterocycles. The lowest BCUT2D eigenvalue weighted by molar-refractivity contribution is -0.110. The number of sulfone groups is 2. The van der Waals surface area contributed by atoms with E-state index in [1.54, 1.807) is 0 Å². The highest BCUT2D eigenvalue weighted by Crippen LogP contribution is 2.33. The van der Waals surface area contributed by atoms with Crippen LogP contribution in [-0.4, -0.2) is 64.3 Å². The van der Waals surface area contributed by atoms with Crippen molar-refractivity contribution in [2.75, 3.05) is 24.8 Å². The second-order valence-corrected chi connectivity index (χ2v) is 13.0. The van der Waals surface area contributed by atoms with E-state index in [9.17, 15) is 21.6 Å². The number of nitrogens with one attached hydrogen (secondary N) is 1. The molecule has 32 heavy (non-hydrogen) atoms. The Morgan fingerprint density at radius 3 is 2.47 bits per heavy atom. The van der Waals surface area contributed by atoms with Crippen molar-refractivity contribution in [1.82, 2.24) is 4.98 Å². The molecule has 1 saturated carbocycles. The van der Waals surface area contributed by atoms with Crippen LogP contribution in [-0.2, 0) is 34.0 Å². The van der Waals surface area contributed by atoms with Crippen LogP contribution in [0.15, 0.2) is 44.7 Å². The van der Waals surface area contributed by atoms with Gasteiger partial charge >= 0.3 is 0 Å². The molecule has 10 nitrogen and oxygen atoms in total. The van der Waals surface area contributed by atoms with Gasteiger partial charge in [-0.15, -0.1) is 0 Å². The zero-order valence-electron chi connectivity index (χ0n) is 17.1. The second kappa shape index (κ2) is 8.89. The van der Waals surface area contributed by atoms with Gasteiger partial charge in [0.1, 0.15) is 4.21 Å². The number of hydrogen-bond donors (Lipinski definition) is 1. The molecule has 1 aromatic heterocycles. The lowest BCUT2D eigenvalue weighted by Crippen LogP contribution is -2.25. The van der Waals surface area contributed by atoms with Gasteiger partial charge in [-0.25, -0.2) is 21.8 Å². The highest BCUT2D eigenvalue weighted by atomic mass is 32.2. The van der Waals surface area contributed by atoms with Crippen LogP contribution in [0.25, 0.3) is 0 Å². The molecule has 1 amide bonds. The minimum absolute atomic E-state index is 0.0141. The average molecular weight is 500 g/mol. The third-order valence-corrected chi connectivity index (χ3v) is 9.87. The van der Waals surface area contributed by atoms with Gasteiger partial charge in [0.05, 0.1) is 29.6 Å². The van der Waals surface area contributed by atoms with Crippen molar-refractivity contribution in [3.05, 3.63) is 36.0 Å². The lowest BCUT2D eigenvalue weighted by atomic mass is 10.1. The van der Waals surface area contributed by atoms with E-state index in [-0.39, 0.29) is 31.3 Å². The highest BCUT2D eigenvalue weighted by molar-refractivity contribution is 7.93. The standard InChI is InChI=1S/C19H21N3O7S3/c1-31(24,25)16-10-20-19(30-16)21-18(23)17(22-29-13-8-9-28-11-13)12-2-4-14(5-3-12)32(26,27)15-6-7-15/h2-5,10,13,15H,6-9,11H2,1H3,(H,20,21,23)/t13-/m1/s1. The van der Waals surface area contributed by atoms with Crippen LogP contribution in [0.5, 0.6) is 0 Å². The molecule has 0 unspecified atom stereocenters. The summed E-state index contributed by atoms with van der Waals surface area (Å²) in [5, 5.41) is 6.27. The Bertz CT molecular complexity index is 1240. The molecule has 13 heteroatoms. The molecule has 1 aliphatic carbocycles. The van der Waals surface area contributed by atoms with Crippen LogP contribution in [0, 0.1) is 0 Å². The number of aromatic nitrogens is 1. The summed E-state index contributed by atoms with van der Waals surface area (Å²) in [5.41, 5.74) is 0.249. The quantitative estimate of drug-likeness (QED) is 0.427. The van der Waals surface area contributed by atoms with Crippen LogP contribution in [0.4, 0.5) is 5.13 Å². The number of oxime groups is 1. The number of carbonyl (C=O) groups is 1. The van der Waals surface area contributed by atoms with Crippen LogP contribution in [0.2, 0.25) is 0 Å². The number of nitrogens with zero attached hydrogens (tertiary/aromatic N) is 2. The van der Waals surface area contributed by atoms with Crippen molar-refractivity contribution in [3.8, 4) is 0 Å². The molecular formula is C19H21N3O7S3. The first-order valence-corrected chi connectivity index (χ1v) is 14.0. The van der Waals surface area contributed by atoms with Crippen molar-refractivity contribution in [3.63, 3.8) is 0 Å². The van der Waals surface area contributed by atoms with E-state index in [0.29, 0.717) is 38.0 Å². The molecule has 2 aliphatic rings. The van der Waals surface area contributed by atoms with Crippen LogP contribution < -0.4 is 5.32 Å². The zero-order chi connectivity index (χ0) is 22.9. The van der Waals surface area contributed by atoms with Gasteiger partial charge in [-0.2, -0.15) is 0 Å². The Morgan fingerprint density at radius 1 is 1.19 bits per heavy atom. The zero-order valence-corrected chi connectivity index (χ0v) is 19.5. The highest BCUT2D eigenvalue weighted by Gasteiger charge is 2.36. The fourth-order valence-electron chi connectivity index (χ4n) is 2.97. The van der Waals surface area contributed by atoms with E-state index in [2.05, 4.69) is 15.5 Å². The molecule has 2 fully saturated rings. The Morgan fingerprint density at radius 2 is 1.91 bits per heavy atom. The summed E-state index contributed by atoms with van der Waals surface area (Å²) in [7, 11) is -6.82. The molecule has 2 heterocycles. The number of carbonyl (C=O) groups excluding carboxylic acids is 1. The van der Waals surface area contributed by atoms with Crippen molar-refractivity contribution < 1.29 is 31.2 Å². The minimum Gasteiger partial charge on any atom is -0.389 e. The first-order valence-electron chi connectivity index (χ1n) is 9.78. The van der Waals surface area contributed by atoms with Gasteiger partial charge in [-0.3, -0.25) is 10.1 Å². The summed E-state index contributed by atoms with van der Waals surface area (Å²) >= 11 is 0.814. The third-order valence-electron chi connectivity index (χ3n) is 4.89. The second-order valence-electron chi connectivity index (χ2n) is 7.51. The summed E-state index contributed by atoms with van der Waals surface area (Å²) in [4.78, 5) is 22.5. The van der Waals surface area contributed by atoms with Gasteiger partial charge < -0.3 is 9.57 Å². The maximum atomic E-state index is 12.9. The Balaban J connectivity index is 1.58. The van der Waals surface area contributed by atoms with E-state index in [1.807, 2.05) is 0 Å². The number of rotatable bonds is 8. The predicted molar refractivity (Wildman–Crippen MR) is 117 cm³/mol. The normalized spacial score (nSPS) is 19.7. The Hall–Kier alpha value is -2.35. The first kappa shape index (κ1) is 22.8. The summed E-state index contributed by atoms with van der Waals surface area (Å²) in [6.07, 6.45) is 3.84. The van der Waals surface area contributed by atoms with E-state index in [4.69, 9.17) is 9.57 Å². The minimum atomic E-state index is -3.45. The van der Waals surface area contributed by atoms with E-state index in [1.165, 1.54) is 24.3 Å². The molecule has 4 rings (SSSR count). The Kier molecular flexibility index (Phi) is 6.34. The monoisotopic (exact) mass is 499 g/mol. The largest absolute Gasteiger partial charge is 0.389 e. The Labute approximate surface area is 189 Å². The fourth-order valence-corrected chi connectivity index (χ4v) is 6.26. The fraction of sp³-hybridized carbons (Fsp3) is 0.421. The predicted octanol–water partition coefficient (Wildman–Crippen LogP) is 1.63. The molecular weight excluding hydrogens is 478 g/mol. The number of anilines is 1. The summed E-state index contributed by atoms with van der Waals surface area (Å²) in [5.74, 6) is -0.670. The molecule has 172 valence electrons. The van der Waals surface area contributed by atoms with E-state index < -0.39 is 25.6 Å². The van der Waals surface area contributed by atoms with Gasteiger partial charge in [-0.05, 0) is 25.0 Å². The molecule has 1 saturated heterocycles. The average Bonchev–Trinajstić information content (AvgIpc) is 3.28. The number of hydrogen-bond acceptors (Lipinski definition) is 10. The lowest BCUT2D eigenvalue weighted by Gasteiger charge is -2.10. The maximum Gasteiger partial charge on any atom is 0.280 e.